The molecule has 0 bridgehead atoms. The number of benzene rings is 1. The number of phenols is 1. The molecule has 0 amide bonds. The normalized spacial score (nSPS) is 15.1. The molecule has 0 saturated heterocycles. The lowest BCUT2D eigenvalue weighted by Gasteiger charge is -2.31. The topological polar surface area (TPSA) is 35.5 Å². The molecular weight excluding hydrogens is 200 g/mol. The minimum Gasteiger partial charge on any atom is -0.508 e. The van der Waals surface area contributed by atoms with Crippen LogP contribution in [0, 0.1) is 6.92 Å². The van der Waals surface area contributed by atoms with Crippen molar-refractivity contribution in [2.45, 2.75) is 33.0 Å². The number of phenolic OH excluding ortho intramolecular Hbond substituents is 1. The van der Waals surface area contributed by atoms with E-state index in [9.17, 15) is 5.11 Å². The molecule has 3 heteroatoms. The van der Waals surface area contributed by atoms with Crippen molar-refractivity contribution in [1.82, 2.24) is 10.2 Å². The Morgan fingerprint density at radius 2 is 1.94 bits per heavy atom. The van der Waals surface area contributed by atoms with E-state index in [2.05, 4.69) is 24.1 Å². The molecule has 0 aliphatic rings. The third-order valence-corrected chi connectivity index (χ3v) is 3.27. The van der Waals surface area contributed by atoms with Crippen molar-refractivity contribution in [3.8, 4) is 5.75 Å². The van der Waals surface area contributed by atoms with Crippen LogP contribution in [-0.4, -0.2) is 30.3 Å². The van der Waals surface area contributed by atoms with Crippen molar-refractivity contribution in [3.05, 3.63) is 29.3 Å². The van der Waals surface area contributed by atoms with E-state index in [4.69, 9.17) is 0 Å². The summed E-state index contributed by atoms with van der Waals surface area (Å²) in [4.78, 5) is 2.19. The maximum absolute atomic E-state index is 9.86. The summed E-state index contributed by atoms with van der Waals surface area (Å²) >= 11 is 0. The van der Waals surface area contributed by atoms with E-state index in [0.717, 1.165) is 5.56 Å². The lowest BCUT2D eigenvalue weighted by molar-refractivity contribution is 0.173. The van der Waals surface area contributed by atoms with Crippen molar-refractivity contribution in [2.75, 3.05) is 14.1 Å². The monoisotopic (exact) mass is 222 g/mol. The van der Waals surface area contributed by atoms with Crippen LogP contribution < -0.4 is 5.32 Å². The zero-order valence-electron chi connectivity index (χ0n) is 10.8. The highest BCUT2D eigenvalue weighted by atomic mass is 16.3. The number of hydrogen-bond donors (Lipinski definition) is 2. The second-order valence-corrected chi connectivity index (χ2v) is 4.37. The summed E-state index contributed by atoms with van der Waals surface area (Å²) in [5.41, 5.74) is 2.15. The summed E-state index contributed by atoms with van der Waals surface area (Å²) in [7, 11) is 3.98. The Labute approximate surface area is 98.1 Å². The lowest BCUT2D eigenvalue weighted by Crippen LogP contribution is -2.40. The molecule has 1 rings (SSSR count). The number of aromatic hydroxyl groups is 1. The van der Waals surface area contributed by atoms with Crippen LogP contribution in [0.2, 0.25) is 0 Å². The van der Waals surface area contributed by atoms with Crippen LogP contribution in [0.5, 0.6) is 5.75 Å². The van der Waals surface area contributed by atoms with Crippen LogP contribution >= 0.6 is 0 Å². The molecule has 0 aromatic heterocycles. The molecule has 2 atom stereocenters. The highest BCUT2D eigenvalue weighted by Gasteiger charge is 2.18. The number of nitrogens with zero attached hydrogens (tertiary/aromatic N) is 1. The summed E-state index contributed by atoms with van der Waals surface area (Å²) in [6.07, 6.45) is 0.273. The Hall–Kier alpha value is -1.06. The third kappa shape index (κ3) is 2.74. The molecule has 0 heterocycles. The maximum Gasteiger partial charge on any atom is 0.120 e. The van der Waals surface area contributed by atoms with E-state index in [1.54, 1.807) is 6.07 Å². The molecule has 90 valence electrons. The molecule has 0 fully saturated rings. The van der Waals surface area contributed by atoms with Gasteiger partial charge in [0.2, 0.25) is 0 Å². The number of hydrogen-bond acceptors (Lipinski definition) is 3. The van der Waals surface area contributed by atoms with Gasteiger partial charge in [0.15, 0.2) is 0 Å². The number of nitrogens with one attached hydrogen (secondary N) is 1. The van der Waals surface area contributed by atoms with Crippen LogP contribution in [0.3, 0.4) is 0 Å². The van der Waals surface area contributed by atoms with Gasteiger partial charge in [-0.25, -0.2) is 0 Å². The molecule has 2 N–H and O–H groups in total. The van der Waals surface area contributed by atoms with Gasteiger partial charge in [-0.1, -0.05) is 17.7 Å². The Morgan fingerprint density at radius 1 is 1.31 bits per heavy atom. The molecule has 0 spiro atoms. The smallest absolute Gasteiger partial charge is 0.120 e. The van der Waals surface area contributed by atoms with Crippen molar-refractivity contribution in [1.29, 1.82) is 0 Å². The predicted molar refractivity (Wildman–Crippen MR) is 67.5 cm³/mol. The zero-order chi connectivity index (χ0) is 12.3. The predicted octanol–water partition coefficient (Wildman–Crippen LogP) is 2.26. The molecule has 2 unspecified atom stereocenters. The van der Waals surface area contributed by atoms with E-state index < -0.39 is 0 Å². The van der Waals surface area contributed by atoms with E-state index in [-0.39, 0.29) is 12.2 Å². The summed E-state index contributed by atoms with van der Waals surface area (Å²) in [6.45, 7) is 6.24. The van der Waals surface area contributed by atoms with Crippen molar-refractivity contribution < 1.29 is 5.11 Å². The molecule has 1 aromatic carbocycles. The minimum absolute atomic E-state index is 0.183. The van der Waals surface area contributed by atoms with Gasteiger partial charge >= 0.3 is 0 Å². The summed E-state index contributed by atoms with van der Waals surface area (Å²) in [5.74, 6) is 0.369. The Kier molecular flexibility index (Phi) is 4.33. The zero-order valence-corrected chi connectivity index (χ0v) is 10.8. The van der Waals surface area contributed by atoms with Crippen LogP contribution in [0.25, 0.3) is 0 Å². The van der Waals surface area contributed by atoms with E-state index in [1.807, 2.05) is 33.2 Å². The first-order valence-corrected chi connectivity index (χ1v) is 5.66. The van der Waals surface area contributed by atoms with Gasteiger partial charge in [0.05, 0.1) is 6.17 Å². The van der Waals surface area contributed by atoms with Crippen LogP contribution in [0.15, 0.2) is 18.2 Å². The average Bonchev–Trinajstić information content (AvgIpc) is 2.29. The van der Waals surface area contributed by atoms with Crippen LogP contribution in [0.4, 0.5) is 0 Å². The van der Waals surface area contributed by atoms with Crippen LogP contribution in [-0.2, 0) is 0 Å². The SMILES string of the molecule is CNC(C)N(C)C(C)c1cc(C)ccc1O. The first kappa shape index (κ1) is 13.0. The summed E-state index contributed by atoms with van der Waals surface area (Å²) in [5, 5.41) is 13.1. The molecule has 16 heavy (non-hydrogen) atoms. The maximum atomic E-state index is 9.86. The second kappa shape index (κ2) is 5.32. The van der Waals surface area contributed by atoms with E-state index >= 15 is 0 Å². The van der Waals surface area contributed by atoms with Gasteiger partial charge in [-0.2, -0.15) is 0 Å². The molecule has 0 aliphatic heterocycles. The van der Waals surface area contributed by atoms with Crippen molar-refractivity contribution in [3.63, 3.8) is 0 Å². The lowest BCUT2D eigenvalue weighted by atomic mass is 10.0. The Balaban J connectivity index is 2.95. The highest BCUT2D eigenvalue weighted by molar-refractivity contribution is 5.37. The van der Waals surface area contributed by atoms with Gasteiger partial charge in [0, 0.05) is 11.6 Å². The van der Waals surface area contributed by atoms with Crippen molar-refractivity contribution >= 4 is 0 Å². The van der Waals surface area contributed by atoms with E-state index in [1.165, 1.54) is 5.56 Å². The Morgan fingerprint density at radius 3 is 2.50 bits per heavy atom. The molecule has 0 aliphatic carbocycles. The van der Waals surface area contributed by atoms with Gasteiger partial charge in [0.1, 0.15) is 5.75 Å². The van der Waals surface area contributed by atoms with E-state index in [0.29, 0.717) is 5.75 Å². The quantitative estimate of drug-likeness (QED) is 0.767. The second-order valence-electron chi connectivity index (χ2n) is 4.37. The summed E-state index contributed by atoms with van der Waals surface area (Å²) < 4.78 is 0. The third-order valence-electron chi connectivity index (χ3n) is 3.27. The van der Waals surface area contributed by atoms with Gasteiger partial charge in [-0.3, -0.25) is 4.90 Å². The number of rotatable bonds is 4. The van der Waals surface area contributed by atoms with Gasteiger partial charge in [0.25, 0.3) is 0 Å². The first-order valence-electron chi connectivity index (χ1n) is 5.66. The summed E-state index contributed by atoms with van der Waals surface area (Å²) in [6, 6.07) is 5.91. The highest BCUT2D eigenvalue weighted by Crippen LogP contribution is 2.28. The average molecular weight is 222 g/mol. The molecular formula is C13H22N2O. The fourth-order valence-electron chi connectivity index (χ4n) is 1.77. The molecule has 0 saturated carbocycles. The molecule has 1 aromatic rings. The fourth-order valence-corrected chi connectivity index (χ4v) is 1.77. The first-order chi connectivity index (χ1) is 7.47. The standard InChI is InChI=1S/C13H22N2O/c1-9-6-7-13(16)12(8-9)10(2)15(5)11(3)14-4/h6-8,10-11,14,16H,1-5H3. The fraction of sp³-hybridized carbons (Fsp3) is 0.538. The van der Waals surface area contributed by atoms with Gasteiger partial charge in [-0.15, -0.1) is 0 Å². The largest absolute Gasteiger partial charge is 0.508 e. The van der Waals surface area contributed by atoms with Gasteiger partial charge in [-0.05, 0) is 40.9 Å². The van der Waals surface area contributed by atoms with Crippen molar-refractivity contribution in [2.24, 2.45) is 0 Å². The number of aryl methyl sites for hydroxylation is 1. The van der Waals surface area contributed by atoms with Crippen LogP contribution in [0.1, 0.15) is 31.0 Å². The molecule has 0 radical (unpaired) electrons. The minimum atomic E-state index is 0.183. The Bertz CT molecular complexity index is 352. The van der Waals surface area contributed by atoms with Gasteiger partial charge < -0.3 is 10.4 Å². The molecule has 3 nitrogen and oxygen atoms in total.